The molecule has 0 aliphatic rings. The second-order valence-electron chi connectivity index (χ2n) is 5.49. The van der Waals surface area contributed by atoms with Crippen molar-refractivity contribution in [3.05, 3.63) is 64.5 Å². The molecule has 1 atom stereocenters. The molecule has 3 rings (SSSR count). The van der Waals surface area contributed by atoms with Crippen molar-refractivity contribution in [3.8, 4) is 16.9 Å². The maximum Gasteiger partial charge on any atom is 0.336 e. The molecule has 0 fully saturated rings. The number of hydrogen-bond acceptors (Lipinski definition) is 5. The average Bonchev–Trinajstić information content (AvgIpc) is 2.57. The largest absolute Gasteiger partial charge is 0.546 e. The molecule has 0 unspecified atom stereocenters. The van der Waals surface area contributed by atoms with E-state index in [0.717, 1.165) is 16.5 Å². The van der Waals surface area contributed by atoms with Gasteiger partial charge in [-0.05, 0) is 37.1 Å². The Labute approximate surface area is 138 Å². The number of carboxylic acid groups (broad SMARTS) is 1. The number of aliphatic carboxylic acids is 1. The van der Waals surface area contributed by atoms with E-state index in [2.05, 4.69) is 0 Å². The standard InChI is InChI=1S/C19H16O5/c1-11-16(23-12(2)19(21)22)9-8-14-15(10-17(20)24-18(11)14)13-6-4-3-5-7-13/h3-10,12H,1-2H3,(H,21,22)/p-1/t12-/m0/s1. The molecule has 0 radical (unpaired) electrons. The zero-order valence-corrected chi connectivity index (χ0v) is 13.2. The highest BCUT2D eigenvalue weighted by molar-refractivity contribution is 5.95. The SMILES string of the molecule is Cc1c(O[C@@H](C)C(=O)[O-])ccc2c(-c3ccccc3)cc(=O)oc12. The van der Waals surface area contributed by atoms with Gasteiger partial charge in [-0.25, -0.2) is 4.79 Å². The zero-order valence-electron chi connectivity index (χ0n) is 13.2. The molecule has 0 saturated carbocycles. The molecule has 0 aliphatic heterocycles. The van der Waals surface area contributed by atoms with E-state index in [4.69, 9.17) is 9.15 Å². The molecule has 0 N–H and O–H groups in total. The zero-order chi connectivity index (χ0) is 17.3. The van der Waals surface area contributed by atoms with Crippen molar-refractivity contribution in [2.45, 2.75) is 20.0 Å². The lowest BCUT2D eigenvalue weighted by molar-refractivity contribution is -0.312. The third-order valence-electron chi connectivity index (χ3n) is 3.83. The first-order valence-corrected chi connectivity index (χ1v) is 7.48. The Morgan fingerprint density at radius 1 is 1.17 bits per heavy atom. The molecular weight excluding hydrogens is 308 g/mol. The first-order valence-electron chi connectivity index (χ1n) is 7.48. The van der Waals surface area contributed by atoms with Crippen LogP contribution in [0.5, 0.6) is 5.75 Å². The van der Waals surface area contributed by atoms with Gasteiger partial charge in [0.1, 0.15) is 17.4 Å². The van der Waals surface area contributed by atoms with E-state index in [1.807, 2.05) is 30.3 Å². The summed E-state index contributed by atoms with van der Waals surface area (Å²) in [5.74, 6) is -0.971. The summed E-state index contributed by atoms with van der Waals surface area (Å²) in [5, 5.41) is 11.6. The van der Waals surface area contributed by atoms with E-state index in [9.17, 15) is 14.7 Å². The van der Waals surface area contributed by atoms with Crippen LogP contribution in [0.15, 0.2) is 57.7 Å². The highest BCUT2D eigenvalue weighted by Gasteiger charge is 2.14. The van der Waals surface area contributed by atoms with Gasteiger partial charge in [-0.3, -0.25) is 0 Å². The highest BCUT2D eigenvalue weighted by atomic mass is 16.5. The van der Waals surface area contributed by atoms with Gasteiger partial charge in [-0.2, -0.15) is 0 Å². The fourth-order valence-corrected chi connectivity index (χ4v) is 2.57. The topological polar surface area (TPSA) is 79.6 Å². The van der Waals surface area contributed by atoms with Gasteiger partial charge in [0.2, 0.25) is 0 Å². The van der Waals surface area contributed by atoms with Crippen LogP contribution in [0.3, 0.4) is 0 Å². The molecule has 24 heavy (non-hydrogen) atoms. The van der Waals surface area contributed by atoms with Crippen LogP contribution in [0, 0.1) is 6.92 Å². The number of aryl methyl sites for hydroxylation is 1. The summed E-state index contributed by atoms with van der Waals surface area (Å²) in [7, 11) is 0. The van der Waals surface area contributed by atoms with Gasteiger partial charge in [0, 0.05) is 17.0 Å². The number of rotatable bonds is 4. The summed E-state index contributed by atoms with van der Waals surface area (Å²) in [6, 6.07) is 14.4. The van der Waals surface area contributed by atoms with Crippen molar-refractivity contribution in [3.63, 3.8) is 0 Å². The van der Waals surface area contributed by atoms with Crippen LogP contribution >= 0.6 is 0 Å². The van der Waals surface area contributed by atoms with Crippen LogP contribution < -0.4 is 15.5 Å². The van der Waals surface area contributed by atoms with E-state index < -0.39 is 17.7 Å². The summed E-state index contributed by atoms with van der Waals surface area (Å²) in [4.78, 5) is 22.8. The van der Waals surface area contributed by atoms with Crippen molar-refractivity contribution in [2.24, 2.45) is 0 Å². The van der Waals surface area contributed by atoms with Crippen LogP contribution in [0.2, 0.25) is 0 Å². The van der Waals surface area contributed by atoms with Crippen molar-refractivity contribution >= 4 is 16.9 Å². The molecule has 0 aliphatic carbocycles. The van der Waals surface area contributed by atoms with Crippen molar-refractivity contribution in [1.82, 2.24) is 0 Å². The van der Waals surface area contributed by atoms with Gasteiger partial charge < -0.3 is 19.1 Å². The van der Waals surface area contributed by atoms with Crippen molar-refractivity contribution in [2.75, 3.05) is 0 Å². The van der Waals surface area contributed by atoms with Gasteiger partial charge in [-0.1, -0.05) is 30.3 Å². The second kappa shape index (κ2) is 6.20. The Balaban J connectivity index is 2.19. The second-order valence-corrected chi connectivity index (χ2v) is 5.49. The molecule has 0 amide bonds. The summed E-state index contributed by atoms with van der Waals surface area (Å²) < 4.78 is 10.7. The van der Waals surface area contributed by atoms with Gasteiger partial charge in [-0.15, -0.1) is 0 Å². The highest BCUT2D eigenvalue weighted by Crippen LogP contribution is 2.33. The molecule has 0 saturated heterocycles. The molecule has 5 heteroatoms. The molecule has 122 valence electrons. The number of benzene rings is 2. The van der Waals surface area contributed by atoms with Crippen LogP contribution in [0.4, 0.5) is 0 Å². The summed E-state index contributed by atoms with van der Waals surface area (Å²) in [6.45, 7) is 3.10. The Bertz CT molecular complexity index is 957. The number of carbonyl (C=O) groups is 1. The first-order chi connectivity index (χ1) is 11.5. The van der Waals surface area contributed by atoms with Gasteiger partial charge in [0.15, 0.2) is 0 Å². The molecule has 0 spiro atoms. The summed E-state index contributed by atoms with van der Waals surface area (Å²) in [6.07, 6.45) is -1.11. The lowest BCUT2D eigenvalue weighted by Crippen LogP contribution is -2.37. The van der Waals surface area contributed by atoms with Crippen molar-refractivity contribution in [1.29, 1.82) is 0 Å². The minimum Gasteiger partial charge on any atom is -0.546 e. The molecule has 3 aromatic rings. The Kier molecular flexibility index (Phi) is 4.08. The molecule has 1 aromatic heterocycles. The number of hydrogen-bond donors (Lipinski definition) is 0. The van der Waals surface area contributed by atoms with Crippen LogP contribution in [-0.4, -0.2) is 12.1 Å². The van der Waals surface area contributed by atoms with Crippen LogP contribution in [0.1, 0.15) is 12.5 Å². The average molecular weight is 323 g/mol. The lowest BCUT2D eigenvalue weighted by atomic mass is 10.00. The first kappa shape index (κ1) is 15.8. The maximum absolute atomic E-state index is 12.0. The fourth-order valence-electron chi connectivity index (χ4n) is 2.57. The maximum atomic E-state index is 12.0. The fraction of sp³-hybridized carbons (Fsp3) is 0.158. The van der Waals surface area contributed by atoms with Gasteiger partial charge in [0.05, 0.1) is 5.97 Å². The predicted molar refractivity (Wildman–Crippen MR) is 87.8 cm³/mol. The predicted octanol–water partition coefficient (Wildman–Crippen LogP) is 2.29. The van der Waals surface area contributed by atoms with E-state index >= 15 is 0 Å². The molecule has 0 bridgehead atoms. The Morgan fingerprint density at radius 2 is 1.88 bits per heavy atom. The Morgan fingerprint density at radius 3 is 2.54 bits per heavy atom. The summed E-state index contributed by atoms with van der Waals surface area (Å²) >= 11 is 0. The number of carbonyl (C=O) groups excluding carboxylic acids is 1. The quantitative estimate of drug-likeness (QED) is 0.688. The normalized spacial score (nSPS) is 12.1. The molecule has 5 nitrogen and oxygen atoms in total. The summed E-state index contributed by atoms with van der Waals surface area (Å²) in [5.41, 5.74) is 2.12. The minimum atomic E-state index is -1.31. The minimum absolute atomic E-state index is 0.340. The van der Waals surface area contributed by atoms with E-state index in [-0.39, 0.29) is 0 Å². The monoisotopic (exact) mass is 323 g/mol. The van der Waals surface area contributed by atoms with Crippen LogP contribution in [-0.2, 0) is 4.79 Å². The Hall–Kier alpha value is -3.08. The van der Waals surface area contributed by atoms with E-state index in [1.165, 1.54) is 13.0 Å². The third kappa shape index (κ3) is 2.88. The van der Waals surface area contributed by atoms with E-state index in [1.54, 1.807) is 19.1 Å². The number of carboxylic acids is 1. The molecule has 2 aromatic carbocycles. The molecular formula is C19H15O5-. The van der Waals surface area contributed by atoms with Crippen LogP contribution in [0.25, 0.3) is 22.1 Å². The van der Waals surface area contributed by atoms with Crippen molar-refractivity contribution < 1.29 is 19.1 Å². The molecule has 1 heterocycles. The van der Waals surface area contributed by atoms with Gasteiger partial charge in [0.25, 0.3) is 0 Å². The smallest absolute Gasteiger partial charge is 0.336 e. The third-order valence-corrected chi connectivity index (χ3v) is 3.83. The number of ether oxygens (including phenoxy) is 1. The van der Waals surface area contributed by atoms with E-state index in [0.29, 0.717) is 16.9 Å². The number of fused-ring (bicyclic) bond motifs is 1. The van der Waals surface area contributed by atoms with Gasteiger partial charge >= 0.3 is 5.63 Å². The lowest BCUT2D eigenvalue weighted by Gasteiger charge is -2.18.